The minimum Gasteiger partial charge on any atom is -0.337 e. The van der Waals surface area contributed by atoms with E-state index >= 15 is 0 Å². The Morgan fingerprint density at radius 1 is 1.65 bits per heavy atom. The highest BCUT2D eigenvalue weighted by Crippen LogP contribution is 2.20. The molecule has 2 rings (SSSR count). The fraction of sp³-hybridized carbons (Fsp3) is 0.417. The molecule has 0 aliphatic carbocycles. The number of pyridine rings is 1. The summed E-state index contributed by atoms with van der Waals surface area (Å²) in [5.74, 6) is -0.0897. The second-order valence-corrected chi connectivity index (χ2v) is 4.81. The summed E-state index contributed by atoms with van der Waals surface area (Å²) in [6.07, 6.45) is 3.41. The van der Waals surface area contributed by atoms with Gasteiger partial charge in [0.2, 0.25) is 0 Å². The lowest BCUT2D eigenvalue weighted by atomic mass is 9.99. The number of carbonyl (C=O) groups excluding carboxylic acids is 1. The maximum absolute atomic E-state index is 12.2. The molecule has 4 nitrogen and oxygen atoms in total. The predicted molar refractivity (Wildman–Crippen MR) is 66.2 cm³/mol. The lowest BCUT2D eigenvalue weighted by Gasteiger charge is -2.29. The van der Waals surface area contributed by atoms with Crippen LogP contribution >= 0.6 is 15.9 Å². The second-order valence-electron chi connectivity index (χ2n) is 4.06. The van der Waals surface area contributed by atoms with Gasteiger partial charge in [0, 0.05) is 19.3 Å². The van der Waals surface area contributed by atoms with Crippen molar-refractivity contribution in [2.75, 3.05) is 13.1 Å². The number of nitriles is 1. The van der Waals surface area contributed by atoms with E-state index in [1.165, 1.54) is 0 Å². The van der Waals surface area contributed by atoms with Crippen molar-refractivity contribution >= 4 is 21.8 Å². The smallest absolute Gasteiger partial charge is 0.256 e. The molecular formula is C12H12BrN3O. The highest BCUT2D eigenvalue weighted by Gasteiger charge is 2.25. The third-order valence-corrected chi connectivity index (χ3v) is 3.51. The molecule has 1 amide bonds. The summed E-state index contributed by atoms with van der Waals surface area (Å²) in [7, 11) is 0. The van der Waals surface area contributed by atoms with Crippen LogP contribution in [0.2, 0.25) is 0 Å². The molecule has 1 unspecified atom stereocenters. The molecule has 88 valence electrons. The van der Waals surface area contributed by atoms with Gasteiger partial charge < -0.3 is 4.90 Å². The molecular weight excluding hydrogens is 282 g/mol. The first kappa shape index (κ1) is 12.1. The third-order valence-electron chi connectivity index (χ3n) is 2.88. The highest BCUT2D eigenvalue weighted by atomic mass is 79.9. The number of amides is 1. The van der Waals surface area contributed by atoms with Crippen LogP contribution in [-0.2, 0) is 0 Å². The molecule has 0 spiro atoms. The Morgan fingerprint density at radius 3 is 3.18 bits per heavy atom. The Labute approximate surface area is 108 Å². The number of aromatic nitrogens is 1. The van der Waals surface area contributed by atoms with Crippen molar-refractivity contribution in [2.45, 2.75) is 12.8 Å². The number of carbonyl (C=O) groups is 1. The normalized spacial score (nSPS) is 19.8. The number of halogens is 1. The maximum Gasteiger partial charge on any atom is 0.256 e. The molecule has 0 radical (unpaired) electrons. The van der Waals surface area contributed by atoms with Gasteiger partial charge in [-0.3, -0.25) is 4.79 Å². The molecule has 1 aromatic heterocycles. The maximum atomic E-state index is 12.2. The van der Waals surface area contributed by atoms with E-state index in [0.717, 1.165) is 19.4 Å². The summed E-state index contributed by atoms with van der Waals surface area (Å²) >= 11 is 3.27. The monoisotopic (exact) mass is 293 g/mol. The number of likely N-dealkylation sites (tertiary alicyclic amines) is 1. The summed E-state index contributed by atoms with van der Waals surface area (Å²) < 4.78 is 0.559. The van der Waals surface area contributed by atoms with Gasteiger partial charge in [0.15, 0.2) is 0 Å². The first-order valence-corrected chi connectivity index (χ1v) is 6.31. The van der Waals surface area contributed by atoms with Crippen LogP contribution in [0.25, 0.3) is 0 Å². The molecule has 1 aromatic rings. The molecule has 1 atom stereocenters. The van der Waals surface area contributed by atoms with E-state index in [2.05, 4.69) is 27.0 Å². The molecule has 1 aliphatic heterocycles. The first-order chi connectivity index (χ1) is 8.22. The van der Waals surface area contributed by atoms with Crippen LogP contribution < -0.4 is 0 Å². The van der Waals surface area contributed by atoms with E-state index in [1.54, 1.807) is 23.2 Å². The zero-order valence-electron chi connectivity index (χ0n) is 9.27. The number of hydrogen-bond acceptors (Lipinski definition) is 3. The van der Waals surface area contributed by atoms with Crippen LogP contribution in [0.3, 0.4) is 0 Å². The fourth-order valence-electron chi connectivity index (χ4n) is 1.98. The van der Waals surface area contributed by atoms with Gasteiger partial charge >= 0.3 is 0 Å². The highest BCUT2D eigenvalue weighted by molar-refractivity contribution is 9.10. The van der Waals surface area contributed by atoms with Crippen LogP contribution in [-0.4, -0.2) is 28.9 Å². The fourth-order valence-corrected chi connectivity index (χ4v) is 2.40. The molecule has 5 heteroatoms. The molecule has 17 heavy (non-hydrogen) atoms. The predicted octanol–water partition coefficient (Wildman–Crippen LogP) is 2.22. The Bertz CT molecular complexity index is 469. The van der Waals surface area contributed by atoms with Gasteiger partial charge in [-0.1, -0.05) is 0 Å². The summed E-state index contributed by atoms with van der Waals surface area (Å²) in [6.45, 7) is 1.25. The Morgan fingerprint density at radius 2 is 2.47 bits per heavy atom. The van der Waals surface area contributed by atoms with Crippen LogP contribution in [0.15, 0.2) is 22.9 Å². The summed E-state index contributed by atoms with van der Waals surface area (Å²) in [6, 6.07) is 5.72. The van der Waals surface area contributed by atoms with Crippen molar-refractivity contribution in [3.8, 4) is 6.07 Å². The van der Waals surface area contributed by atoms with Gasteiger partial charge in [-0.15, -0.1) is 0 Å². The Kier molecular flexibility index (Phi) is 3.75. The van der Waals surface area contributed by atoms with Crippen molar-refractivity contribution in [3.63, 3.8) is 0 Å². The van der Waals surface area contributed by atoms with Crippen molar-refractivity contribution < 1.29 is 4.79 Å². The SMILES string of the molecule is N#CC1CCCN(C(=O)c2cccnc2Br)C1. The average molecular weight is 294 g/mol. The molecule has 0 saturated carbocycles. The van der Waals surface area contributed by atoms with E-state index in [0.29, 0.717) is 16.7 Å². The van der Waals surface area contributed by atoms with Crippen LogP contribution in [0, 0.1) is 17.2 Å². The van der Waals surface area contributed by atoms with Crippen molar-refractivity contribution in [2.24, 2.45) is 5.92 Å². The molecule has 0 aromatic carbocycles. The van der Waals surface area contributed by atoms with Crippen LogP contribution in [0.5, 0.6) is 0 Å². The van der Waals surface area contributed by atoms with Crippen LogP contribution in [0.1, 0.15) is 23.2 Å². The van der Waals surface area contributed by atoms with Crippen LogP contribution in [0.4, 0.5) is 0 Å². The van der Waals surface area contributed by atoms with Gasteiger partial charge in [0.05, 0.1) is 17.6 Å². The Balaban J connectivity index is 2.16. The van der Waals surface area contributed by atoms with Crippen molar-refractivity contribution in [3.05, 3.63) is 28.5 Å². The summed E-state index contributed by atoms with van der Waals surface area (Å²) in [4.78, 5) is 18.0. The topological polar surface area (TPSA) is 57.0 Å². The lowest BCUT2D eigenvalue weighted by Crippen LogP contribution is -2.39. The van der Waals surface area contributed by atoms with Gasteiger partial charge in [0.1, 0.15) is 4.60 Å². The number of hydrogen-bond donors (Lipinski definition) is 0. The number of nitrogens with zero attached hydrogens (tertiary/aromatic N) is 3. The van der Waals surface area contributed by atoms with E-state index < -0.39 is 0 Å². The summed E-state index contributed by atoms with van der Waals surface area (Å²) in [5.41, 5.74) is 0.561. The lowest BCUT2D eigenvalue weighted by molar-refractivity contribution is 0.0697. The van der Waals surface area contributed by atoms with E-state index in [1.807, 2.05) is 0 Å². The van der Waals surface area contributed by atoms with E-state index in [-0.39, 0.29) is 11.8 Å². The van der Waals surface area contributed by atoms with Gasteiger partial charge in [-0.05, 0) is 40.9 Å². The molecule has 2 heterocycles. The first-order valence-electron chi connectivity index (χ1n) is 5.52. The van der Waals surface area contributed by atoms with E-state index in [9.17, 15) is 4.79 Å². The van der Waals surface area contributed by atoms with Crippen molar-refractivity contribution in [1.29, 1.82) is 5.26 Å². The number of piperidine rings is 1. The van der Waals surface area contributed by atoms with E-state index in [4.69, 9.17) is 5.26 Å². The van der Waals surface area contributed by atoms with Gasteiger partial charge in [0.25, 0.3) is 5.91 Å². The van der Waals surface area contributed by atoms with Crippen molar-refractivity contribution in [1.82, 2.24) is 9.88 Å². The third kappa shape index (κ3) is 2.64. The zero-order valence-corrected chi connectivity index (χ0v) is 10.9. The largest absolute Gasteiger partial charge is 0.337 e. The summed E-state index contributed by atoms with van der Waals surface area (Å²) in [5, 5.41) is 8.91. The Hall–Kier alpha value is -1.41. The minimum atomic E-state index is -0.0510. The average Bonchev–Trinajstić information content (AvgIpc) is 2.38. The second kappa shape index (κ2) is 5.28. The van der Waals surface area contributed by atoms with Gasteiger partial charge in [-0.2, -0.15) is 5.26 Å². The zero-order chi connectivity index (χ0) is 12.3. The number of rotatable bonds is 1. The molecule has 1 aliphatic rings. The van der Waals surface area contributed by atoms with Gasteiger partial charge in [-0.25, -0.2) is 4.98 Å². The quantitative estimate of drug-likeness (QED) is 0.746. The minimum absolute atomic E-state index is 0.0388. The molecule has 0 bridgehead atoms. The molecule has 1 fully saturated rings. The molecule has 0 N–H and O–H groups in total. The molecule has 1 saturated heterocycles. The standard InChI is InChI=1S/C12H12BrN3O/c13-11-10(4-1-5-15-11)12(17)16-6-2-3-9(7-14)8-16/h1,4-5,9H,2-3,6,8H2.